The molecule has 0 unspecified atom stereocenters. The summed E-state index contributed by atoms with van der Waals surface area (Å²) in [4.78, 5) is 33.8. The number of phenolic OH excluding ortho intramolecular Hbond substituents is 2. The second kappa shape index (κ2) is 11.5. The predicted molar refractivity (Wildman–Crippen MR) is 178 cm³/mol. The third-order valence-corrected chi connectivity index (χ3v) is 9.02. The highest BCUT2D eigenvalue weighted by Gasteiger charge is 2.60. The van der Waals surface area contributed by atoms with Gasteiger partial charge in [0.05, 0.1) is 35.2 Å². The molecular weight excluding hydrogens is 596 g/mol. The van der Waals surface area contributed by atoms with E-state index in [-0.39, 0.29) is 29.4 Å². The monoisotopic (exact) mass is 630 g/mol. The van der Waals surface area contributed by atoms with Crippen LogP contribution < -0.4 is 4.90 Å². The van der Waals surface area contributed by atoms with Gasteiger partial charge in [-0.15, -0.1) is 0 Å². The Bertz CT molecular complexity index is 2050. The molecule has 47 heavy (non-hydrogen) atoms. The van der Waals surface area contributed by atoms with E-state index in [2.05, 4.69) is 4.98 Å². The molecule has 0 amide bonds. The van der Waals surface area contributed by atoms with Crippen LogP contribution in [0, 0.1) is 5.92 Å². The van der Waals surface area contributed by atoms with Crippen molar-refractivity contribution in [2.75, 3.05) is 11.5 Å². The summed E-state index contributed by atoms with van der Waals surface area (Å²) < 4.78 is 6.26. The molecule has 3 atom stereocenters. The van der Waals surface area contributed by atoms with Gasteiger partial charge in [-0.05, 0) is 82.8 Å². The van der Waals surface area contributed by atoms with Crippen LogP contribution in [0.5, 0.6) is 11.5 Å². The number of aromatic hydroxyl groups is 2. The standard InChI is InChI=1S/C38H34N2O7/c1-21(2)18-38-36(45)34(22-7-12-25(42)13-8-22)35(23-9-14-26(43)15-10-23)40(38)31-16-11-24(17-28(31)37(46)47-38)33(32(44)20-41)29-19-39-30-6-4-3-5-27(29)30/h3-17,19,21,32-33,39,41-44H,18,20H2,1-2H3/t32-,33-,38+/m1/s1. The Morgan fingerprint density at radius 2 is 1.53 bits per heavy atom. The largest absolute Gasteiger partial charge is 0.508 e. The summed E-state index contributed by atoms with van der Waals surface area (Å²) in [6.45, 7) is 3.40. The first kappa shape index (κ1) is 30.3. The Labute approximate surface area is 271 Å². The van der Waals surface area contributed by atoms with Crippen LogP contribution in [0.15, 0.2) is 97.2 Å². The second-order valence-electron chi connectivity index (χ2n) is 12.5. The first-order valence-electron chi connectivity index (χ1n) is 15.5. The number of phenols is 2. The SMILES string of the molecule is CC(C)C[C@@]12OC(=O)c3cc([C@H](c4c[nH]c5ccccc45)[C@H](O)CO)ccc3N1C(c1ccc(O)cc1)=C(c1ccc(O)cc1)C2=O. The lowest BCUT2D eigenvalue weighted by Crippen LogP contribution is -2.56. The van der Waals surface area contributed by atoms with Gasteiger partial charge in [0.2, 0.25) is 5.78 Å². The van der Waals surface area contributed by atoms with Crippen molar-refractivity contribution in [3.8, 4) is 11.5 Å². The van der Waals surface area contributed by atoms with Crippen LogP contribution in [0.25, 0.3) is 22.2 Å². The van der Waals surface area contributed by atoms with Crippen molar-refractivity contribution in [2.24, 2.45) is 5.92 Å². The van der Waals surface area contributed by atoms with Crippen molar-refractivity contribution in [3.05, 3.63) is 125 Å². The Kier molecular flexibility index (Phi) is 7.38. The van der Waals surface area contributed by atoms with Crippen LogP contribution in [-0.4, -0.2) is 55.6 Å². The van der Waals surface area contributed by atoms with Crippen LogP contribution in [0.1, 0.15) is 58.8 Å². The predicted octanol–water partition coefficient (Wildman–Crippen LogP) is 5.93. The van der Waals surface area contributed by atoms with E-state index in [1.165, 1.54) is 24.3 Å². The molecule has 238 valence electrons. The lowest BCUT2D eigenvalue weighted by atomic mass is 9.84. The van der Waals surface area contributed by atoms with Crippen molar-refractivity contribution >= 4 is 39.6 Å². The van der Waals surface area contributed by atoms with Gasteiger partial charge in [0.1, 0.15) is 11.5 Å². The summed E-state index contributed by atoms with van der Waals surface area (Å²) in [5.74, 6) is -1.72. The Balaban J connectivity index is 1.46. The molecule has 7 rings (SSSR count). The molecule has 0 bridgehead atoms. The minimum absolute atomic E-state index is 0.0414. The maximum Gasteiger partial charge on any atom is 0.342 e. The number of esters is 1. The van der Waals surface area contributed by atoms with Gasteiger partial charge in [-0.25, -0.2) is 4.79 Å². The number of aliphatic hydroxyl groups is 2. The zero-order valence-corrected chi connectivity index (χ0v) is 25.8. The van der Waals surface area contributed by atoms with E-state index < -0.39 is 36.1 Å². The quantitative estimate of drug-likeness (QED) is 0.133. The molecule has 1 aromatic heterocycles. The number of fused-ring (bicyclic) bond motifs is 4. The van der Waals surface area contributed by atoms with Crippen molar-refractivity contribution < 1.29 is 34.8 Å². The highest BCUT2D eigenvalue weighted by Crippen LogP contribution is 2.53. The molecule has 3 heterocycles. The van der Waals surface area contributed by atoms with Gasteiger partial charge in [-0.3, -0.25) is 9.69 Å². The fourth-order valence-corrected chi connectivity index (χ4v) is 7.05. The number of Topliss-reactive ketones (excluding diaryl/α,β-unsaturated/α-hetero) is 1. The number of anilines is 1. The second-order valence-corrected chi connectivity index (χ2v) is 12.5. The van der Waals surface area contributed by atoms with Gasteiger partial charge in [-0.2, -0.15) is 0 Å². The van der Waals surface area contributed by atoms with Crippen LogP contribution in [0.4, 0.5) is 5.69 Å². The van der Waals surface area contributed by atoms with Gasteiger partial charge in [-0.1, -0.05) is 50.2 Å². The Hall–Kier alpha value is -5.38. The third kappa shape index (κ3) is 4.86. The summed E-state index contributed by atoms with van der Waals surface area (Å²) >= 11 is 0. The molecule has 0 radical (unpaired) electrons. The highest BCUT2D eigenvalue weighted by molar-refractivity contribution is 6.38. The summed E-state index contributed by atoms with van der Waals surface area (Å²) in [6.07, 6.45) is 0.825. The molecule has 5 aromatic rings. The zero-order valence-electron chi connectivity index (χ0n) is 25.8. The number of aliphatic hydroxyl groups excluding tert-OH is 2. The maximum absolute atomic E-state index is 14.7. The number of hydrogen-bond donors (Lipinski definition) is 5. The molecule has 0 spiro atoms. The molecule has 2 aliphatic heterocycles. The third-order valence-electron chi connectivity index (χ3n) is 9.02. The molecule has 9 heteroatoms. The number of nitrogens with one attached hydrogen (secondary N) is 1. The summed E-state index contributed by atoms with van der Waals surface area (Å²) in [6, 6.07) is 25.7. The Morgan fingerprint density at radius 1 is 0.872 bits per heavy atom. The molecule has 0 saturated carbocycles. The average molecular weight is 631 g/mol. The maximum atomic E-state index is 14.7. The van der Waals surface area contributed by atoms with Crippen molar-refractivity contribution in [2.45, 2.75) is 38.0 Å². The summed E-state index contributed by atoms with van der Waals surface area (Å²) in [5.41, 5.74) is 3.13. The molecule has 0 aliphatic carbocycles. The zero-order chi connectivity index (χ0) is 33.0. The Morgan fingerprint density at radius 3 is 2.19 bits per heavy atom. The normalized spacial score (nSPS) is 18.8. The van der Waals surface area contributed by atoms with Gasteiger partial charge in [0.25, 0.3) is 5.72 Å². The van der Waals surface area contributed by atoms with Crippen molar-refractivity contribution in [3.63, 3.8) is 0 Å². The van der Waals surface area contributed by atoms with E-state index in [1.54, 1.807) is 53.6 Å². The topological polar surface area (TPSA) is 143 Å². The van der Waals surface area contributed by atoms with Crippen LogP contribution in [-0.2, 0) is 9.53 Å². The number of hydrogen-bond acceptors (Lipinski definition) is 8. The number of rotatable bonds is 8. The molecule has 9 nitrogen and oxygen atoms in total. The van der Waals surface area contributed by atoms with Crippen LogP contribution in [0.2, 0.25) is 0 Å². The average Bonchev–Trinajstić information content (AvgIpc) is 3.58. The number of aromatic nitrogens is 1. The number of benzene rings is 4. The number of carbonyl (C=O) groups excluding carboxylic acids is 2. The van der Waals surface area contributed by atoms with Crippen LogP contribution in [0.3, 0.4) is 0 Å². The van der Waals surface area contributed by atoms with E-state index in [9.17, 15) is 30.0 Å². The number of ketones is 1. The van der Waals surface area contributed by atoms with E-state index >= 15 is 0 Å². The number of carbonyl (C=O) groups is 2. The number of H-pyrrole nitrogens is 1. The number of ether oxygens (including phenoxy) is 1. The van der Waals surface area contributed by atoms with Gasteiger partial charge < -0.3 is 30.1 Å². The molecule has 2 aliphatic rings. The van der Waals surface area contributed by atoms with Crippen molar-refractivity contribution in [1.29, 1.82) is 0 Å². The summed E-state index contributed by atoms with van der Waals surface area (Å²) in [7, 11) is 0. The van der Waals surface area contributed by atoms with Crippen LogP contribution >= 0.6 is 0 Å². The number of aromatic amines is 1. The molecule has 4 aromatic carbocycles. The fraction of sp³-hybridized carbons (Fsp3) is 0.211. The fourth-order valence-electron chi connectivity index (χ4n) is 7.05. The van der Waals surface area contributed by atoms with E-state index in [0.29, 0.717) is 33.6 Å². The molecular formula is C38H34N2O7. The number of para-hydroxylation sites is 1. The van der Waals surface area contributed by atoms with Gasteiger partial charge in [0, 0.05) is 29.4 Å². The summed E-state index contributed by atoms with van der Waals surface area (Å²) in [5, 5.41) is 42.2. The van der Waals surface area contributed by atoms with Gasteiger partial charge in [0.15, 0.2) is 0 Å². The highest BCUT2D eigenvalue weighted by atomic mass is 16.6. The lowest BCUT2D eigenvalue weighted by molar-refractivity contribution is -0.132. The van der Waals surface area contributed by atoms with Crippen molar-refractivity contribution in [1.82, 2.24) is 4.98 Å². The lowest BCUT2D eigenvalue weighted by Gasteiger charge is -2.44. The van der Waals surface area contributed by atoms with Gasteiger partial charge >= 0.3 is 5.97 Å². The van der Waals surface area contributed by atoms with E-state index in [1.807, 2.05) is 38.1 Å². The number of nitrogens with zero attached hydrogens (tertiary/aromatic N) is 1. The van der Waals surface area contributed by atoms with E-state index in [4.69, 9.17) is 4.74 Å². The molecule has 5 N–H and O–H groups in total. The smallest absolute Gasteiger partial charge is 0.342 e. The minimum Gasteiger partial charge on any atom is -0.508 e. The molecule has 0 fully saturated rings. The first-order valence-corrected chi connectivity index (χ1v) is 15.5. The minimum atomic E-state index is -1.69. The molecule has 0 saturated heterocycles. The van der Waals surface area contributed by atoms with E-state index in [0.717, 1.165) is 16.5 Å². The first-order chi connectivity index (χ1) is 22.6.